The minimum absolute atomic E-state index is 0.0618. The van der Waals surface area contributed by atoms with Gasteiger partial charge in [-0.05, 0) is 43.0 Å². The van der Waals surface area contributed by atoms with Crippen LogP contribution in [0.4, 0.5) is 20.3 Å². The van der Waals surface area contributed by atoms with Gasteiger partial charge in [-0.1, -0.05) is 0 Å². The number of rotatable bonds is 6. The standard InChI is InChI=1S/C19H22F2N4O2S/c20-15-9-16(21)11-17(10-15)23-28(26,27)18-3-4-19(22-12-18)25-7-5-24(6-8-25)13-14-1-2-14/h3-4,9-12,14,23H,1-2,5-8,13H2. The number of nitrogens with zero attached hydrogens (tertiary/aromatic N) is 3. The lowest BCUT2D eigenvalue weighted by Crippen LogP contribution is -2.47. The Bertz CT molecular complexity index is 921. The van der Waals surface area contributed by atoms with Gasteiger partial charge in [0.05, 0.1) is 5.69 Å². The second kappa shape index (κ2) is 7.63. The van der Waals surface area contributed by atoms with E-state index in [9.17, 15) is 17.2 Å². The third-order valence-corrected chi connectivity index (χ3v) is 6.42. The van der Waals surface area contributed by atoms with Gasteiger partial charge < -0.3 is 4.90 Å². The summed E-state index contributed by atoms with van der Waals surface area (Å²) in [6.07, 6.45) is 3.95. The number of hydrogen-bond acceptors (Lipinski definition) is 5. The molecular formula is C19H22F2N4O2S. The fourth-order valence-electron chi connectivity index (χ4n) is 3.37. The Labute approximate surface area is 163 Å². The van der Waals surface area contributed by atoms with Crippen molar-refractivity contribution in [2.75, 3.05) is 42.3 Å². The second-order valence-corrected chi connectivity index (χ2v) is 9.03. The number of hydrogen-bond donors (Lipinski definition) is 1. The third-order valence-electron chi connectivity index (χ3n) is 5.06. The molecule has 6 nitrogen and oxygen atoms in total. The van der Waals surface area contributed by atoms with E-state index in [1.807, 2.05) is 0 Å². The van der Waals surface area contributed by atoms with Crippen molar-refractivity contribution in [1.29, 1.82) is 0 Å². The topological polar surface area (TPSA) is 65.5 Å². The molecule has 0 spiro atoms. The molecule has 0 amide bonds. The summed E-state index contributed by atoms with van der Waals surface area (Å²) in [5, 5.41) is 0. The van der Waals surface area contributed by atoms with Gasteiger partial charge in [-0.25, -0.2) is 22.2 Å². The fourth-order valence-corrected chi connectivity index (χ4v) is 4.36. The average Bonchev–Trinajstić information content (AvgIpc) is 3.45. The molecule has 1 saturated carbocycles. The summed E-state index contributed by atoms with van der Waals surface area (Å²) in [5.41, 5.74) is -0.173. The van der Waals surface area contributed by atoms with Gasteiger partial charge in [-0.3, -0.25) is 9.62 Å². The van der Waals surface area contributed by atoms with Gasteiger partial charge in [-0.15, -0.1) is 0 Å². The van der Waals surface area contributed by atoms with Crippen LogP contribution >= 0.6 is 0 Å². The first-order chi connectivity index (χ1) is 13.4. The van der Waals surface area contributed by atoms with E-state index in [1.54, 1.807) is 6.07 Å². The van der Waals surface area contributed by atoms with Gasteiger partial charge in [0.25, 0.3) is 10.0 Å². The fraction of sp³-hybridized carbons (Fsp3) is 0.421. The van der Waals surface area contributed by atoms with Gasteiger partial charge in [-0.2, -0.15) is 0 Å². The van der Waals surface area contributed by atoms with Crippen LogP contribution in [0.25, 0.3) is 0 Å². The van der Waals surface area contributed by atoms with Crippen molar-refractivity contribution in [3.8, 4) is 0 Å². The Morgan fingerprint density at radius 2 is 1.71 bits per heavy atom. The summed E-state index contributed by atoms with van der Waals surface area (Å²) in [6, 6.07) is 5.64. The predicted molar refractivity (Wildman–Crippen MR) is 103 cm³/mol. The molecule has 2 aliphatic rings. The Hall–Kier alpha value is -2.26. The van der Waals surface area contributed by atoms with Crippen LogP contribution in [0.5, 0.6) is 0 Å². The van der Waals surface area contributed by atoms with Crippen molar-refractivity contribution in [1.82, 2.24) is 9.88 Å². The molecule has 2 aromatic rings. The molecule has 1 N–H and O–H groups in total. The molecule has 1 saturated heterocycles. The van der Waals surface area contributed by atoms with Crippen LogP contribution < -0.4 is 9.62 Å². The van der Waals surface area contributed by atoms with Gasteiger partial charge in [0.2, 0.25) is 0 Å². The molecule has 0 radical (unpaired) electrons. The highest BCUT2D eigenvalue weighted by atomic mass is 32.2. The summed E-state index contributed by atoms with van der Waals surface area (Å²) >= 11 is 0. The Morgan fingerprint density at radius 1 is 1.04 bits per heavy atom. The third kappa shape index (κ3) is 4.59. The molecule has 1 aromatic heterocycles. The summed E-state index contributed by atoms with van der Waals surface area (Å²) in [6.45, 7) is 4.83. The zero-order chi connectivity index (χ0) is 19.7. The van der Waals surface area contributed by atoms with Crippen LogP contribution in [0.2, 0.25) is 0 Å². The van der Waals surface area contributed by atoms with Gasteiger partial charge >= 0.3 is 0 Å². The molecule has 0 bridgehead atoms. The molecule has 2 heterocycles. The number of halogens is 2. The zero-order valence-corrected chi connectivity index (χ0v) is 16.1. The first-order valence-electron chi connectivity index (χ1n) is 9.31. The minimum atomic E-state index is -3.98. The lowest BCUT2D eigenvalue weighted by Gasteiger charge is -2.35. The lowest BCUT2D eigenvalue weighted by molar-refractivity contribution is 0.247. The largest absolute Gasteiger partial charge is 0.354 e. The van der Waals surface area contributed by atoms with Crippen LogP contribution in [0.3, 0.4) is 0 Å². The Balaban J connectivity index is 1.40. The second-order valence-electron chi connectivity index (χ2n) is 7.35. The number of pyridine rings is 1. The van der Waals surface area contributed by atoms with Crippen molar-refractivity contribution in [3.05, 3.63) is 48.2 Å². The summed E-state index contributed by atoms with van der Waals surface area (Å²) in [5.74, 6) is -0.117. The Morgan fingerprint density at radius 3 is 2.29 bits per heavy atom. The summed E-state index contributed by atoms with van der Waals surface area (Å²) in [7, 11) is -3.98. The van der Waals surface area contributed by atoms with E-state index in [0.29, 0.717) is 6.07 Å². The van der Waals surface area contributed by atoms with E-state index >= 15 is 0 Å². The van der Waals surface area contributed by atoms with E-state index in [2.05, 4.69) is 19.5 Å². The minimum Gasteiger partial charge on any atom is -0.354 e. The monoisotopic (exact) mass is 408 g/mol. The molecule has 1 aliphatic heterocycles. The maximum atomic E-state index is 13.3. The smallest absolute Gasteiger partial charge is 0.263 e. The summed E-state index contributed by atoms with van der Waals surface area (Å²) < 4.78 is 53.6. The van der Waals surface area contributed by atoms with E-state index in [1.165, 1.54) is 31.6 Å². The molecule has 2 fully saturated rings. The summed E-state index contributed by atoms with van der Waals surface area (Å²) in [4.78, 5) is 8.82. The molecular weight excluding hydrogens is 386 g/mol. The molecule has 1 aliphatic carbocycles. The van der Waals surface area contributed by atoms with Crippen molar-refractivity contribution in [2.45, 2.75) is 17.7 Å². The number of piperazine rings is 1. The number of aromatic nitrogens is 1. The van der Waals surface area contributed by atoms with Crippen molar-refractivity contribution < 1.29 is 17.2 Å². The quantitative estimate of drug-likeness (QED) is 0.796. The number of sulfonamides is 1. The van der Waals surface area contributed by atoms with Crippen LogP contribution in [0.15, 0.2) is 41.4 Å². The Kier molecular flexibility index (Phi) is 5.20. The van der Waals surface area contributed by atoms with E-state index in [0.717, 1.165) is 50.0 Å². The molecule has 0 unspecified atom stereocenters. The van der Waals surface area contributed by atoms with E-state index < -0.39 is 21.7 Å². The zero-order valence-electron chi connectivity index (χ0n) is 15.3. The highest BCUT2D eigenvalue weighted by Crippen LogP contribution is 2.30. The molecule has 28 heavy (non-hydrogen) atoms. The van der Waals surface area contributed by atoms with Crippen molar-refractivity contribution >= 4 is 21.5 Å². The predicted octanol–water partition coefficient (Wildman–Crippen LogP) is 2.69. The number of benzene rings is 1. The molecule has 4 rings (SSSR count). The van der Waals surface area contributed by atoms with Crippen LogP contribution in [0, 0.1) is 17.6 Å². The lowest BCUT2D eigenvalue weighted by atomic mass is 10.2. The first kappa shape index (κ1) is 19.1. The van der Waals surface area contributed by atoms with Crippen LogP contribution in [-0.2, 0) is 10.0 Å². The van der Waals surface area contributed by atoms with Gasteiger partial charge in [0.15, 0.2) is 0 Å². The maximum Gasteiger partial charge on any atom is 0.263 e. The van der Waals surface area contributed by atoms with Crippen molar-refractivity contribution in [2.24, 2.45) is 5.92 Å². The van der Waals surface area contributed by atoms with Crippen LogP contribution in [0.1, 0.15) is 12.8 Å². The van der Waals surface area contributed by atoms with E-state index in [4.69, 9.17) is 0 Å². The molecule has 1 aromatic carbocycles. The SMILES string of the molecule is O=S(=O)(Nc1cc(F)cc(F)c1)c1ccc(N2CCN(CC3CC3)CC2)nc1. The van der Waals surface area contributed by atoms with Gasteiger partial charge in [0, 0.05) is 45.0 Å². The van der Waals surface area contributed by atoms with Gasteiger partial charge in [0.1, 0.15) is 22.3 Å². The first-order valence-corrected chi connectivity index (χ1v) is 10.8. The van der Waals surface area contributed by atoms with Crippen molar-refractivity contribution in [3.63, 3.8) is 0 Å². The normalized spacial score (nSPS) is 18.3. The molecule has 0 atom stereocenters. The average molecular weight is 408 g/mol. The number of nitrogens with one attached hydrogen (secondary N) is 1. The maximum absolute atomic E-state index is 13.3. The van der Waals surface area contributed by atoms with E-state index in [-0.39, 0.29) is 10.6 Å². The molecule has 150 valence electrons. The molecule has 9 heteroatoms. The van der Waals surface area contributed by atoms with Crippen LogP contribution in [-0.4, -0.2) is 51.0 Å². The number of anilines is 2. The highest BCUT2D eigenvalue weighted by Gasteiger charge is 2.26. The highest BCUT2D eigenvalue weighted by molar-refractivity contribution is 7.92.